The first kappa shape index (κ1) is 24.3. The lowest BCUT2D eigenvalue weighted by Gasteiger charge is -2.17. The van der Waals surface area contributed by atoms with E-state index in [9.17, 15) is 14.4 Å². The number of ether oxygens (including phenoxy) is 1. The summed E-state index contributed by atoms with van der Waals surface area (Å²) in [7, 11) is 0. The summed E-state index contributed by atoms with van der Waals surface area (Å²) >= 11 is 0. The summed E-state index contributed by atoms with van der Waals surface area (Å²) in [5.74, 6) is -0.492. The van der Waals surface area contributed by atoms with Crippen molar-refractivity contribution in [1.29, 1.82) is 0 Å². The zero-order valence-corrected chi connectivity index (χ0v) is 18.9. The highest BCUT2D eigenvalue weighted by Gasteiger charge is 2.29. The fraction of sp³-hybridized carbons (Fsp3) is 0.400. The van der Waals surface area contributed by atoms with E-state index in [1.54, 1.807) is 0 Å². The fourth-order valence-corrected chi connectivity index (χ4v) is 4.15. The highest BCUT2D eigenvalue weighted by Crippen LogP contribution is 2.44. The molecule has 0 heterocycles. The predicted molar refractivity (Wildman–Crippen MR) is 127 cm³/mol. The average molecular weight is 453 g/mol. The van der Waals surface area contributed by atoms with Crippen LogP contribution in [0.2, 0.25) is 0 Å². The number of carbonyl (C=O) groups excluding carboxylic acids is 3. The van der Waals surface area contributed by atoms with Crippen LogP contribution in [0.4, 0.5) is 4.79 Å². The van der Waals surface area contributed by atoms with Gasteiger partial charge in [0, 0.05) is 32.5 Å². The first-order valence-corrected chi connectivity index (χ1v) is 11.3. The number of nitrogens with one attached hydrogen (secondary N) is 3. The number of hydrogen-bond acceptors (Lipinski definition) is 5. The van der Waals surface area contributed by atoms with Crippen LogP contribution in [-0.4, -0.2) is 50.2 Å². The monoisotopic (exact) mass is 452 g/mol. The smallest absolute Gasteiger partial charge is 0.407 e. The van der Waals surface area contributed by atoms with Crippen LogP contribution in [0, 0.1) is 0 Å². The molecule has 0 fully saturated rings. The summed E-state index contributed by atoms with van der Waals surface area (Å²) < 4.78 is 5.52. The molecule has 33 heavy (non-hydrogen) atoms. The maximum Gasteiger partial charge on any atom is 0.407 e. The van der Waals surface area contributed by atoms with E-state index >= 15 is 0 Å². The average Bonchev–Trinajstić information content (AvgIpc) is 3.13. The molecule has 1 atom stereocenters. The van der Waals surface area contributed by atoms with Crippen molar-refractivity contribution in [1.82, 2.24) is 16.0 Å². The van der Waals surface area contributed by atoms with E-state index in [4.69, 9.17) is 10.5 Å². The number of unbranched alkanes of at least 4 members (excludes halogenated alkanes) is 1. The number of fused-ring (bicyclic) bond motifs is 3. The molecule has 1 aliphatic carbocycles. The largest absolute Gasteiger partial charge is 0.449 e. The number of benzene rings is 2. The van der Waals surface area contributed by atoms with Crippen LogP contribution in [0.1, 0.15) is 43.2 Å². The van der Waals surface area contributed by atoms with Gasteiger partial charge >= 0.3 is 6.09 Å². The Morgan fingerprint density at radius 3 is 2.18 bits per heavy atom. The number of rotatable bonds is 11. The molecule has 176 valence electrons. The minimum absolute atomic E-state index is 0.0218. The Kier molecular flexibility index (Phi) is 8.83. The van der Waals surface area contributed by atoms with E-state index in [0.717, 1.165) is 0 Å². The second kappa shape index (κ2) is 12.0. The molecule has 0 bridgehead atoms. The van der Waals surface area contributed by atoms with Gasteiger partial charge in [-0.3, -0.25) is 9.59 Å². The Balaban J connectivity index is 1.41. The number of carbonyl (C=O) groups is 3. The Hall–Kier alpha value is -3.39. The molecule has 8 nitrogen and oxygen atoms in total. The van der Waals surface area contributed by atoms with Crippen LogP contribution in [0.5, 0.6) is 0 Å². The van der Waals surface area contributed by atoms with Crippen LogP contribution in [-0.2, 0) is 14.3 Å². The highest BCUT2D eigenvalue weighted by atomic mass is 16.5. The first-order chi connectivity index (χ1) is 16.0. The van der Waals surface area contributed by atoms with E-state index in [-0.39, 0.29) is 24.3 Å². The van der Waals surface area contributed by atoms with Crippen LogP contribution in [0.3, 0.4) is 0 Å². The van der Waals surface area contributed by atoms with Crippen molar-refractivity contribution >= 4 is 17.9 Å². The highest BCUT2D eigenvalue weighted by molar-refractivity contribution is 5.86. The molecule has 0 unspecified atom stereocenters. The number of amides is 3. The fourth-order valence-electron chi connectivity index (χ4n) is 4.15. The third kappa shape index (κ3) is 6.55. The zero-order valence-electron chi connectivity index (χ0n) is 18.9. The van der Waals surface area contributed by atoms with Crippen molar-refractivity contribution in [2.45, 2.75) is 38.1 Å². The summed E-state index contributed by atoms with van der Waals surface area (Å²) in [6.07, 6.45) is 1.33. The van der Waals surface area contributed by atoms with E-state index in [0.29, 0.717) is 38.9 Å². The van der Waals surface area contributed by atoms with Crippen LogP contribution < -0.4 is 21.7 Å². The van der Waals surface area contributed by atoms with Crippen molar-refractivity contribution in [3.8, 4) is 11.1 Å². The molecule has 0 saturated carbocycles. The van der Waals surface area contributed by atoms with Gasteiger partial charge < -0.3 is 26.4 Å². The van der Waals surface area contributed by atoms with Gasteiger partial charge in [0.05, 0.1) is 0 Å². The van der Waals surface area contributed by atoms with E-state index in [1.807, 2.05) is 24.3 Å². The summed E-state index contributed by atoms with van der Waals surface area (Å²) in [5, 5.41) is 8.11. The van der Waals surface area contributed by atoms with Gasteiger partial charge in [-0.1, -0.05) is 48.5 Å². The van der Waals surface area contributed by atoms with Crippen molar-refractivity contribution in [3.63, 3.8) is 0 Å². The zero-order chi connectivity index (χ0) is 23.6. The van der Waals surface area contributed by atoms with Gasteiger partial charge in [0.1, 0.15) is 12.6 Å². The summed E-state index contributed by atoms with van der Waals surface area (Å²) in [6.45, 7) is 2.77. The summed E-state index contributed by atoms with van der Waals surface area (Å²) in [6, 6.07) is 15.8. The molecular weight excluding hydrogens is 420 g/mol. The van der Waals surface area contributed by atoms with Gasteiger partial charge in [0.25, 0.3) is 0 Å². The first-order valence-electron chi connectivity index (χ1n) is 11.3. The molecule has 0 radical (unpaired) electrons. The SMILES string of the molecule is CC(=O)N[C@@H](CCCCNC(=O)OCC1c2ccccc2-c2ccccc21)C(=O)NCCN. The van der Waals surface area contributed by atoms with E-state index in [2.05, 4.69) is 40.2 Å². The van der Waals surface area contributed by atoms with Crippen LogP contribution in [0.15, 0.2) is 48.5 Å². The maximum atomic E-state index is 12.2. The normalized spacial score (nSPS) is 12.9. The molecule has 2 aromatic carbocycles. The second-order valence-electron chi connectivity index (χ2n) is 8.08. The van der Waals surface area contributed by atoms with Crippen LogP contribution >= 0.6 is 0 Å². The number of alkyl carbamates (subject to hydrolysis) is 1. The van der Waals surface area contributed by atoms with Gasteiger partial charge in [0.15, 0.2) is 0 Å². The Morgan fingerprint density at radius 1 is 0.939 bits per heavy atom. The minimum atomic E-state index is -0.608. The van der Waals surface area contributed by atoms with E-state index in [1.165, 1.54) is 29.2 Å². The predicted octanol–water partition coefficient (Wildman–Crippen LogP) is 2.27. The lowest BCUT2D eigenvalue weighted by molar-refractivity contribution is -0.128. The number of nitrogens with two attached hydrogens (primary N) is 1. The number of hydrogen-bond donors (Lipinski definition) is 4. The Morgan fingerprint density at radius 2 is 1.58 bits per heavy atom. The molecule has 1 aliphatic rings. The summed E-state index contributed by atoms with van der Waals surface area (Å²) in [5.41, 5.74) is 10.1. The van der Waals surface area contributed by atoms with Crippen molar-refractivity contribution in [2.75, 3.05) is 26.2 Å². The molecule has 0 aliphatic heterocycles. The Bertz CT molecular complexity index is 933. The van der Waals surface area contributed by atoms with E-state index < -0.39 is 12.1 Å². The van der Waals surface area contributed by atoms with Crippen molar-refractivity contribution < 1.29 is 19.1 Å². The van der Waals surface area contributed by atoms with Gasteiger partial charge in [-0.15, -0.1) is 0 Å². The van der Waals surface area contributed by atoms with Gasteiger partial charge in [-0.25, -0.2) is 4.79 Å². The molecule has 2 aromatic rings. The van der Waals surface area contributed by atoms with Gasteiger partial charge in [0.2, 0.25) is 11.8 Å². The van der Waals surface area contributed by atoms with Crippen molar-refractivity contribution in [3.05, 3.63) is 59.7 Å². The molecule has 0 aromatic heterocycles. The van der Waals surface area contributed by atoms with Gasteiger partial charge in [-0.2, -0.15) is 0 Å². The lowest BCUT2D eigenvalue weighted by Crippen LogP contribution is -2.47. The van der Waals surface area contributed by atoms with Gasteiger partial charge in [-0.05, 0) is 41.5 Å². The molecule has 0 spiro atoms. The lowest BCUT2D eigenvalue weighted by atomic mass is 9.98. The Labute approximate surface area is 194 Å². The molecule has 3 amide bonds. The molecular formula is C25H32N4O4. The molecule has 0 saturated heterocycles. The van der Waals surface area contributed by atoms with Crippen LogP contribution in [0.25, 0.3) is 11.1 Å². The third-order valence-corrected chi connectivity index (χ3v) is 5.67. The minimum Gasteiger partial charge on any atom is -0.449 e. The molecule has 3 rings (SSSR count). The third-order valence-electron chi connectivity index (χ3n) is 5.67. The van der Waals surface area contributed by atoms with Crippen molar-refractivity contribution in [2.24, 2.45) is 5.73 Å². The standard InChI is InChI=1S/C25H32N4O4/c1-17(30)29-23(24(31)27-15-13-26)12-6-7-14-28-25(32)33-16-22-20-10-4-2-8-18(20)19-9-3-5-11-21(19)22/h2-5,8-11,22-23H,6-7,12-16,26H2,1H3,(H,27,31)(H,28,32)(H,29,30)/t23-/m0/s1. The maximum absolute atomic E-state index is 12.2. The summed E-state index contributed by atoms with van der Waals surface area (Å²) in [4.78, 5) is 35.7. The quantitative estimate of drug-likeness (QED) is 0.390. The topological polar surface area (TPSA) is 123 Å². The molecule has 8 heteroatoms. The molecule has 5 N–H and O–H groups in total. The second-order valence-corrected chi connectivity index (χ2v) is 8.08.